The summed E-state index contributed by atoms with van der Waals surface area (Å²) < 4.78 is 4.61. The van der Waals surface area contributed by atoms with Crippen LogP contribution in [-0.4, -0.2) is 32.1 Å². The summed E-state index contributed by atoms with van der Waals surface area (Å²) in [5, 5.41) is 7.16. The number of carbonyl (C=O) groups is 1. The lowest BCUT2D eigenvalue weighted by molar-refractivity contribution is -0.140. The number of ether oxygens (including phenoxy) is 1. The molecule has 0 aliphatic rings. The maximum atomic E-state index is 11.0. The van der Waals surface area contributed by atoms with Gasteiger partial charge in [0.2, 0.25) is 0 Å². The van der Waals surface area contributed by atoms with Gasteiger partial charge in [-0.15, -0.1) is 0 Å². The number of halogens is 1. The van der Waals surface area contributed by atoms with E-state index in [1.165, 1.54) is 7.11 Å². The van der Waals surface area contributed by atoms with Crippen molar-refractivity contribution in [2.24, 2.45) is 4.99 Å². The molecule has 0 atom stereocenters. The van der Waals surface area contributed by atoms with Gasteiger partial charge >= 0.3 is 5.97 Å². The lowest BCUT2D eigenvalue weighted by atomic mass is 10.2. The lowest BCUT2D eigenvalue weighted by Gasteiger charge is -2.11. The number of nitrogens with zero attached hydrogens (tertiary/aromatic N) is 1. The highest BCUT2D eigenvalue weighted by molar-refractivity contribution is 6.31. The highest BCUT2D eigenvalue weighted by Crippen LogP contribution is 2.15. The fraction of sp³-hybridized carbons (Fsp3) is 0.500. The van der Waals surface area contributed by atoms with E-state index in [-0.39, 0.29) is 5.97 Å². The highest BCUT2D eigenvalue weighted by atomic mass is 35.5. The van der Waals surface area contributed by atoms with Gasteiger partial charge in [-0.3, -0.25) is 4.79 Å². The molecule has 5 nitrogen and oxygen atoms in total. The fourth-order valence-electron chi connectivity index (χ4n) is 1.84. The fourth-order valence-corrected chi connectivity index (χ4v) is 2.03. The number of aliphatic imine (C=N–C) groups is 1. The molecule has 0 fully saturated rings. The van der Waals surface area contributed by atoms with Gasteiger partial charge in [-0.1, -0.05) is 29.8 Å². The van der Waals surface area contributed by atoms with E-state index in [9.17, 15) is 4.79 Å². The topological polar surface area (TPSA) is 62.7 Å². The van der Waals surface area contributed by atoms with Crippen molar-refractivity contribution in [2.45, 2.75) is 32.7 Å². The summed E-state index contributed by atoms with van der Waals surface area (Å²) in [5.74, 6) is 0.583. The molecule has 0 unspecified atom stereocenters. The largest absolute Gasteiger partial charge is 0.469 e. The number of rotatable bonds is 8. The minimum absolute atomic E-state index is 0.167. The molecular formula is C16H24ClN3O2. The van der Waals surface area contributed by atoms with E-state index in [0.29, 0.717) is 13.0 Å². The Morgan fingerprint density at radius 2 is 2.05 bits per heavy atom. The van der Waals surface area contributed by atoms with E-state index in [1.807, 2.05) is 31.2 Å². The van der Waals surface area contributed by atoms with Crippen molar-refractivity contribution in [2.75, 3.05) is 20.2 Å². The Kier molecular flexibility index (Phi) is 9.07. The summed E-state index contributed by atoms with van der Waals surface area (Å²) in [5.41, 5.74) is 0.993. The second kappa shape index (κ2) is 10.9. The second-order valence-electron chi connectivity index (χ2n) is 4.75. The number of guanidine groups is 1. The molecule has 0 radical (unpaired) electrons. The average Bonchev–Trinajstić information content (AvgIpc) is 2.53. The van der Waals surface area contributed by atoms with Crippen LogP contribution < -0.4 is 10.6 Å². The van der Waals surface area contributed by atoms with Gasteiger partial charge in [-0.05, 0) is 31.4 Å². The summed E-state index contributed by atoms with van der Waals surface area (Å²) in [6, 6.07) is 7.68. The van der Waals surface area contributed by atoms with Crippen molar-refractivity contribution in [1.82, 2.24) is 10.6 Å². The summed E-state index contributed by atoms with van der Waals surface area (Å²) in [7, 11) is 1.41. The van der Waals surface area contributed by atoms with Crippen molar-refractivity contribution in [3.05, 3.63) is 34.9 Å². The molecule has 0 heterocycles. The molecule has 0 bridgehead atoms. The number of carbonyl (C=O) groups excluding carboxylic acids is 1. The van der Waals surface area contributed by atoms with Gasteiger partial charge in [0.25, 0.3) is 0 Å². The van der Waals surface area contributed by atoms with Crippen LogP contribution in [0.15, 0.2) is 29.3 Å². The van der Waals surface area contributed by atoms with Crippen LogP contribution in [0.1, 0.15) is 31.7 Å². The number of methoxy groups -OCH3 is 1. The molecule has 0 aromatic heterocycles. The van der Waals surface area contributed by atoms with Crippen molar-refractivity contribution >= 4 is 23.5 Å². The molecule has 0 aliphatic heterocycles. The molecule has 22 heavy (non-hydrogen) atoms. The number of benzene rings is 1. The third kappa shape index (κ3) is 7.31. The van der Waals surface area contributed by atoms with E-state index in [2.05, 4.69) is 20.4 Å². The van der Waals surface area contributed by atoms with Crippen LogP contribution in [0.2, 0.25) is 5.02 Å². The third-order valence-electron chi connectivity index (χ3n) is 3.04. The van der Waals surface area contributed by atoms with Crippen LogP contribution in [0, 0.1) is 0 Å². The van der Waals surface area contributed by atoms with Crippen LogP contribution in [-0.2, 0) is 16.1 Å². The number of nitrogens with one attached hydrogen (secondary N) is 2. The van der Waals surface area contributed by atoms with E-state index in [1.54, 1.807) is 0 Å². The summed E-state index contributed by atoms with van der Waals surface area (Å²) in [6.45, 7) is 4.09. The minimum atomic E-state index is -0.167. The summed E-state index contributed by atoms with van der Waals surface area (Å²) in [6.07, 6.45) is 2.13. The van der Waals surface area contributed by atoms with Gasteiger partial charge in [-0.2, -0.15) is 0 Å². The van der Waals surface area contributed by atoms with Gasteiger partial charge in [0.1, 0.15) is 0 Å². The molecule has 1 aromatic rings. The zero-order valence-corrected chi connectivity index (χ0v) is 13.9. The van der Waals surface area contributed by atoms with Gasteiger partial charge in [0, 0.05) is 24.5 Å². The molecular weight excluding hydrogens is 302 g/mol. The van der Waals surface area contributed by atoms with Gasteiger partial charge in [0.05, 0.1) is 13.7 Å². The van der Waals surface area contributed by atoms with Gasteiger partial charge in [-0.25, -0.2) is 4.99 Å². The lowest BCUT2D eigenvalue weighted by Crippen LogP contribution is -2.37. The van der Waals surface area contributed by atoms with Crippen molar-refractivity contribution in [3.63, 3.8) is 0 Å². The second-order valence-corrected chi connectivity index (χ2v) is 5.15. The predicted molar refractivity (Wildman–Crippen MR) is 90.1 cm³/mol. The van der Waals surface area contributed by atoms with Gasteiger partial charge < -0.3 is 15.4 Å². The monoisotopic (exact) mass is 325 g/mol. The summed E-state index contributed by atoms with van der Waals surface area (Å²) in [4.78, 5) is 15.5. The molecule has 1 aromatic carbocycles. The Morgan fingerprint density at radius 3 is 2.73 bits per heavy atom. The van der Waals surface area contributed by atoms with Crippen molar-refractivity contribution in [1.29, 1.82) is 0 Å². The number of esters is 1. The first kappa shape index (κ1) is 18.3. The molecule has 0 amide bonds. The molecule has 6 heteroatoms. The predicted octanol–water partition coefficient (Wildman–Crippen LogP) is 2.74. The Hall–Kier alpha value is -1.75. The zero-order valence-electron chi connectivity index (χ0n) is 13.2. The van der Waals surface area contributed by atoms with Crippen LogP contribution in [0.25, 0.3) is 0 Å². The van der Waals surface area contributed by atoms with Crippen LogP contribution in [0.4, 0.5) is 0 Å². The molecule has 0 spiro atoms. The molecule has 1 rings (SSSR count). The van der Waals surface area contributed by atoms with Crippen LogP contribution in [0.5, 0.6) is 0 Å². The van der Waals surface area contributed by atoms with E-state index < -0.39 is 0 Å². The standard InChI is InChI=1S/C16H24ClN3O2/c1-3-18-16(19-11-7-6-10-15(21)22-2)20-12-13-8-4-5-9-14(13)17/h4-5,8-9H,3,6-7,10-12H2,1-2H3,(H2,18,19,20). The SMILES string of the molecule is CCNC(=NCc1ccccc1Cl)NCCCCC(=O)OC. The highest BCUT2D eigenvalue weighted by Gasteiger charge is 2.02. The molecule has 0 saturated carbocycles. The molecule has 0 saturated heterocycles. The number of unbranched alkanes of at least 4 members (excludes halogenated alkanes) is 1. The Morgan fingerprint density at radius 1 is 1.27 bits per heavy atom. The molecule has 2 N–H and O–H groups in total. The van der Waals surface area contributed by atoms with Crippen molar-refractivity contribution < 1.29 is 9.53 Å². The summed E-state index contributed by atoms with van der Waals surface area (Å²) >= 11 is 6.12. The number of hydrogen-bond donors (Lipinski definition) is 2. The Bertz CT molecular complexity index is 492. The first-order chi connectivity index (χ1) is 10.7. The quantitative estimate of drug-likeness (QED) is 0.334. The maximum absolute atomic E-state index is 11.0. The first-order valence-electron chi connectivity index (χ1n) is 7.49. The third-order valence-corrected chi connectivity index (χ3v) is 3.41. The van der Waals surface area contributed by atoms with Crippen molar-refractivity contribution in [3.8, 4) is 0 Å². The van der Waals surface area contributed by atoms with E-state index in [0.717, 1.165) is 42.5 Å². The Labute approximate surface area is 137 Å². The minimum Gasteiger partial charge on any atom is -0.469 e. The van der Waals surface area contributed by atoms with Crippen LogP contribution in [0.3, 0.4) is 0 Å². The Balaban J connectivity index is 2.39. The van der Waals surface area contributed by atoms with Gasteiger partial charge in [0.15, 0.2) is 5.96 Å². The van der Waals surface area contributed by atoms with E-state index in [4.69, 9.17) is 11.6 Å². The van der Waals surface area contributed by atoms with Crippen LogP contribution >= 0.6 is 11.6 Å². The normalized spacial score (nSPS) is 11.1. The number of hydrogen-bond acceptors (Lipinski definition) is 3. The zero-order chi connectivity index (χ0) is 16.2. The maximum Gasteiger partial charge on any atom is 0.305 e. The molecule has 122 valence electrons. The first-order valence-corrected chi connectivity index (χ1v) is 7.87. The van der Waals surface area contributed by atoms with E-state index >= 15 is 0 Å². The molecule has 0 aliphatic carbocycles. The average molecular weight is 326 g/mol. The smallest absolute Gasteiger partial charge is 0.305 e.